The Balaban J connectivity index is 3.03. The predicted molar refractivity (Wildman–Crippen MR) is 55.2 cm³/mol. The number of rotatable bonds is 2. The summed E-state index contributed by atoms with van der Waals surface area (Å²) in [5, 5.41) is 17.2. The third kappa shape index (κ3) is 3.03. The van der Waals surface area contributed by atoms with Crippen molar-refractivity contribution in [3.63, 3.8) is 0 Å². The lowest BCUT2D eigenvalue weighted by Crippen LogP contribution is -2.00. The molecule has 3 nitrogen and oxygen atoms in total. The first-order valence-corrected chi connectivity index (χ1v) is 4.61. The van der Waals surface area contributed by atoms with Gasteiger partial charge in [-0.3, -0.25) is 4.79 Å². The first kappa shape index (κ1) is 9.99. The van der Waals surface area contributed by atoms with Gasteiger partial charge in [0, 0.05) is 3.57 Å². The number of nitriles is 1. The number of carboxylic acids is 1. The van der Waals surface area contributed by atoms with Crippen molar-refractivity contribution in [1.82, 2.24) is 0 Å². The second kappa shape index (κ2) is 4.23. The van der Waals surface area contributed by atoms with Gasteiger partial charge in [0.05, 0.1) is 18.1 Å². The summed E-state index contributed by atoms with van der Waals surface area (Å²) in [6, 6.07) is 7.05. The molecule has 1 N–H and O–H groups in total. The van der Waals surface area contributed by atoms with Gasteiger partial charge in [-0.1, -0.05) is 0 Å². The number of carboxylic acid groups (broad SMARTS) is 1. The number of hydrogen-bond donors (Lipinski definition) is 1. The Labute approximate surface area is 89.1 Å². The van der Waals surface area contributed by atoms with Crippen LogP contribution in [0.1, 0.15) is 11.1 Å². The summed E-state index contributed by atoms with van der Waals surface area (Å²) in [7, 11) is 0. The third-order valence-electron chi connectivity index (χ3n) is 1.44. The largest absolute Gasteiger partial charge is 0.481 e. The van der Waals surface area contributed by atoms with Gasteiger partial charge in [-0.15, -0.1) is 0 Å². The van der Waals surface area contributed by atoms with Gasteiger partial charge in [0.2, 0.25) is 0 Å². The molecule has 0 aliphatic carbocycles. The molecule has 0 aromatic heterocycles. The van der Waals surface area contributed by atoms with Gasteiger partial charge in [0.25, 0.3) is 0 Å². The topological polar surface area (TPSA) is 61.1 Å². The molecule has 0 saturated carbocycles. The highest BCUT2D eigenvalue weighted by molar-refractivity contribution is 14.1. The van der Waals surface area contributed by atoms with Crippen LogP contribution < -0.4 is 0 Å². The first-order chi connectivity index (χ1) is 6.11. The van der Waals surface area contributed by atoms with E-state index in [1.165, 1.54) is 0 Å². The van der Waals surface area contributed by atoms with Gasteiger partial charge in [0.15, 0.2) is 0 Å². The normalized spacial score (nSPS) is 9.23. The van der Waals surface area contributed by atoms with Gasteiger partial charge in [-0.05, 0) is 46.4 Å². The van der Waals surface area contributed by atoms with Crippen molar-refractivity contribution in [3.8, 4) is 6.07 Å². The lowest BCUT2D eigenvalue weighted by atomic mass is 10.1. The summed E-state index contributed by atoms with van der Waals surface area (Å²) in [6.45, 7) is 0. The Bertz CT molecular complexity index is 382. The van der Waals surface area contributed by atoms with Crippen molar-refractivity contribution in [3.05, 3.63) is 32.9 Å². The van der Waals surface area contributed by atoms with Crippen LogP contribution in [0.2, 0.25) is 0 Å². The average Bonchev–Trinajstić information content (AvgIpc) is 2.01. The van der Waals surface area contributed by atoms with Gasteiger partial charge in [-0.25, -0.2) is 0 Å². The second-order valence-corrected chi connectivity index (χ2v) is 3.78. The molecule has 0 spiro atoms. The van der Waals surface area contributed by atoms with E-state index in [-0.39, 0.29) is 6.42 Å². The molecule has 0 aliphatic heterocycles. The maximum atomic E-state index is 10.4. The molecule has 0 saturated heterocycles. The molecule has 0 amide bonds. The first-order valence-electron chi connectivity index (χ1n) is 3.53. The zero-order chi connectivity index (χ0) is 9.84. The van der Waals surface area contributed by atoms with Gasteiger partial charge in [0.1, 0.15) is 0 Å². The highest BCUT2D eigenvalue weighted by Gasteiger charge is 2.03. The molecular formula is C9H6INO2. The monoisotopic (exact) mass is 287 g/mol. The van der Waals surface area contributed by atoms with E-state index in [0.717, 1.165) is 3.57 Å². The molecule has 66 valence electrons. The zero-order valence-corrected chi connectivity index (χ0v) is 8.78. The van der Waals surface area contributed by atoms with E-state index in [9.17, 15) is 4.79 Å². The van der Waals surface area contributed by atoms with Crippen LogP contribution in [-0.4, -0.2) is 11.1 Å². The summed E-state index contributed by atoms with van der Waals surface area (Å²) >= 11 is 2.06. The quantitative estimate of drug-likeness (QED) is 0.843. The van der Waals surface area contributed by atoms with E-state index in [4.69, 9.17) is 10.4 Å². The van der Waals surface area contributed by atoms with E-state index in [0.29, 0.717) is 11.1 Å². The van der Waals surface area contributed by atoms with Crippen LogP contribution in [0.3, 0.4) is 0 Å². The van der Waals surface area contributed by atoms with Crippen LogP contribution in [0.25, 0.3) is 0 Å². The maximum Gasteiger partial charge on any atom is 0.307 e. The highest BCUT2D eigenvalue weighted by atomic mass is 127. The summed E-state index contributed by atoms with van der Waals surface area (Å²) in [5.74, 6) is -0.883. The number of halogens is 1. The van der Waals surface area contributed by atoms with Crippen LogP contribution >= 0.6 is 22.6 Å². The van der Waals surface area contributed by atoms with Crippen LogP contribution in [0.15, 0.2) is 18.2 Å². The van der Waals surface area contributed by atoms with Crippen LogP contribution in [0.4, 0.5) is 0 Å². The Hall–Kier alpha value is -1.09. The molecule has 0 heterocycles. The van der Waals surface area contributed by atoms with Crippen molar-refractivity contribution < 1.29 is 9.90 Å². The maximum absolute atomic E-state index is 10.4. The third-order valence-corrected chi connectivity index (χ3v) is 2.06. The molecule has 0 fully saturated rings. The molecule has 13 heavy (non-hydrogen) atoms. The summed E-state index contributed by atoms with van der Waals surface area (Å²) < 4.78 is 0.882. The minimum Gasteiger partial charge on any atom is -0.481 e. The Kier molecular flexibility index (Phi) is 3.25. The predicted octanol–water partition coefficient (Wildman–Crippen LogP) is 1.79. The molecule has 0 radical (unpaired) electrons. The van der Waals surface area contributed by atoms with Crippen LogP contribution in [0.5, 0.6) is 0 Å². The molecule has 1 aromatic rings. The second-order valence-electron chi connectivity index (χ2n) is 2.53. The summed E-state index contributed by atoms with van der Waals surface area (Å²) in [4.78, 5) is 10.4. The van der Waals surface area contributed by atoms with E-state index < -0.39 is 5.97 Å². The van der Waals surface area contributed by atoms with Crippen molar-refractivity contribution in [2.75, 3.05) is 0 Å². The van der Waals surface area contributed by atoms with Crippen LogP contribution in [-0.2, 0) is 11.2 Å². The SMILES string of the molecule is N#Cc1cc(I)cc(CC(=O)O)c1. The molecular weight excluding hydrogens is 281 g/mol. The minimum absolute atomic E-state index is 0.0362. The minimum atomic E-state index is -0.883. The van der Waals surface area contributed by atoms with E-state index in [1.54, 1.807) is 18.2 Å². The molecule has 4 heteroatoms. The van der Waals surface area contributed by atoms with Crippen molar-refractivity contribution in [2.45, 2.75) is 6.42 Å². The smallest absolute Gasteiger partial charge is 0.307 e. The fourth-order valence-corrected chi connectivity index (χ4v) is 1.73. The summed E-state index contributed by atoms with van der Waals surface area (Å²) in [6.07, 6.45) is -0.0362. The fourth-order valence-electron chi connectivity index (χ4n) is 0.992. The Morgan fingerprint density at radius 1 is 1.54 bits per heavy atom. The lowest BCUT2D eigenvalue weighted by molar-refractivity contribution is -0.136. The van der Waals surface area contributed by atoms with Gasteiger partial charge >= 0.3 is 5.97 Å². The van der Waals surface area contributed by atoms with Crippen molar-refractivity contribution >= 4 is 28.6 Å². The van der Waals surface area contributed by atoms with Crippen LogP contribution in [0, 0.1) is 14.9 Å². The molecule has 0 atom stereocenters. The average molecular weight is 287 g/mol. The fraction of sp³-hybridized carbons (Fsp3) is 0.111. The van der Waals surface area contributed by atoms with E-state index in [2.05, 4.69) is 22.6 Å². The summed E-state index contributed by atoms with van der Waals surface area (Å²) in [5.41, 5.74) is 1.17. The standard InChI is InChI=1S/C9H6INO2/c10-8-2-6(4-9(12)13)1-7(3-8)5-11/h1-3H,4H2,(H,12,13). The molecule has 0 unspecified atom stereocenters. The molecule has 1 aromatic carbocycles. The number of hydrogen-bond acceptors (Lipinski definition) is 2. The van der Waals surface area contributed by atoms with Crippen molar-refractivity contribution in [1.29, 1.82) is 5.26 Å². The van der Waals surface area contributed by atoms with E-state index in [1.807, 2.05) is 6.07 Å². The molecule has 1 rings (SSSR count). The number of aliphatic carboxylic acids is 1. The highest BCUT2D eigenvalue weighted by Crippen LogP contribution is 2.12. The molecule has 0 aliphatic rings. The van der Waals surface area contributed by atoms with Crippen molar-refractivity contribution in [2.24, 2.45) is 0 Å². The lowest BCUT2D eigenvalue weighted by Gasteiger charge is -1.98. The Morgan fingerprint density at radius 3 is 2.77 bits per heavy atom. The Morgan fingerprint density at radius 2 is 2.23 bits per heavy atom. The van der Waals surface area contributed by atoms with E-state index >= 15 is 0 Å². The number of nitrogens with zero attached hydrogens (tertiary/aromatic N) is 1. The zero-order valence-electron chi connectivity index (χ0n) is 6.62. The number of carbonyl (C=O) groups is 1. The number of benzene rings is 1. The van der Waals surface area contributed by atoms with Gasteiger partial charge < -0.3 is 5.11 Å². The molecule has 0 bridgehead atoms. The van der Waals surface area contributed by atoms with Gasteiger partial charge in [-0.2, -0.15) is 5.26 Å².